The first kappa shape index (κ1) is 34.6. The number of unbranched alkanes of at least 4 members (excludes halogenated alkanes) is 5. The molecular formula is C34H53F5O4. The van der Waals surface area contributed by atoms with Crippen LogP contribution in [0.1, 0.15) is 136 Å². The maximum absolute atomic E-state index is 13.1. The Balaban J connectivity index is 1.21. The Hall–Kier alpha value is -1.25. The standard InChI is InChI=1S/C34H53F5O4/c1-31-18-15-25(40)21-24(31)20-23(29-26-13-14-28(41)32(26,2)19-16-27(29)31)11-8-6-4-3-5-7-10-22(30(42)43)12-9-17-33(35,36)34(37,38)39/h22-24,26-29,41H,3-21H2,1-2H3,(H,42,43)/t22?,23-,24-,26-,27-,28-,29-,31-,32-/m0/s1. The van der Waals surface area contributed by atoms with Gasteiger partial charge in [0.25, 0.3) is 0 Å². The quantitative estimate of drug-likeness (QED) is 0.150. The lowest BCUT2D eigenvalue weighted by Gasteiger charge is -2.62. The zero-order valence-electron chi connectivity index (χ0n) is 26.1. The molecule has 0 heterocycles. The van der Waals surface area contributed by atoms with Crippen LogP contribution < -0.4 is 0 Å². The molecule has 0 aromatic carbocycles. The number of aliphatic hydroxyl groups is 1. The van der Waals surface area contributed by atoms with Gasteiger partial charge < -0.3 is 10.2 Å². The van der Waals surface area contributed by atoms with E-state index < -0.39 is 36.8 Å². The molecule has 4 saturated carbocycles. The average molecular weight is 621 g/mol. The number of carbonyl (C=O) groups is 2. The molecule has 43 heavy (non-hydrogen) atoms. The van der Waals surface area contributed by atoms with Gasteiger partial charge in [-0.2, -0.15) is 22.0 Å². The second kappa shape index (κ2) is 13.6. The van der Waals surface area contributed by atoms with E-state index in [-0.39, 0.29) is 23.4 Å². The van der Waals surface area contributed by atoms with E-state index >= 15 is 0 Å². The predicted molar refractivity (Wildman–Crippen MR) is 155 cm³/mol. The van der Waals surface area contributed by atoms with Crippen molar-refractivity contribution in [2.45, 2.75) is 154 Å². The van der Waals surface area contributed by atoms with Gasteiger partial charge in [-0.05, 0) is 98.2 Å². The molecule has 9 heteroatoms. The lowest BCUT2D eigenvalue weighted by atomic mass is 9.42. The van der Waals surface area contributed by atoms with Crippen LogP contribution in [0.25, 0.3) is 0 Å². The normalized spacial score (nSPS) is 37.0. The molecule has 0 saturated heterocycles. The SMILES string of the molecule is C[C@]12CCC(=O)C[C@@H]1C[C@H](CCCCCCCCC(CCCC(F)(F)C(F)(F)F)C(=O)O)[C@@H]1[C@@H]2CC[C@]2(C)[C@@H](O)CC[C@@H]12. The molecule has 0 bridgehead atoms. The van der Waals surface area contributed by atoms with E-state index in [1.165, 1.54) is 0 Å². The minimum absolute atomic E-state index is 0.0140. The maximum Gasteiger partial charge on any atom is 0.453 e. The van der Waals surface area contributed by atoms with Gasteiger partial charge >= 0.3 is 18.1 Å². The number of Topliss-reactive ketones (excluding diaryl/α,β-unsaturated/α-hetero) is 1. The zero-order valence-corrected chi connectivity index (χ0v) is 26.1. The number of carboxylic acids is 1. The van der Waals surface area contributed by atoms with Crippen LogP contribution in [0.15, 0.2) is 0 Å². The Labute approximate surface area is 253 Å². The summed E-state index contributed by atoms with van der Waals surface area (Å²) in [4.78, 5) is 24.0. The minimum Gasteiger partial charge on any atom is -0.481 e. The lowest BCUT2D eigenvalue weighted by Crippen LogP contribution is -2.57. The highest BCUT2D eigenvalue weighted by Gasteiger charge is 2.62. The van der Waals surface area contributed by atoms with Gasteiger partial charge in [-0.3, -0.25) is 9.59 Å². The first-order valence-electron chi connectivity index (χ1n) is 17.0. The van der Waals surface area contributed by atoms with E-state index in [9.17, 15) is 41.8 Å². The summed E-state index contributed by atoms with van der Waals surface area (Å²) in [6.45, 7) is 4.77. The Morgan fingerprint density at radius 2 is 1.51 bits per heavy atom. The number of aliphatic carboxylic acids is 1. The third-order valence-corrected chi connectivity index (χ3v) is 12.8. The minimum atomic E-state index is -5.60. The van der Waals surface area contributed by atoms with Crippen LogP contribution in [-0.4, -0.2) is 40.2 Å². The molecule has 0 aliphatic heterocycles. The molecule has 248 valence electrons. The van der Waals surface area contributed by atoms with Crippen molar-refractivity contribution in [2.75, 3.05) is 0 Å². The third kappa shape index (κ3) is 7.43. The Kier molecular flexibility index (Phi) is 11.0. The van der Waals surface area contributed by atoms with Crippen LogP contribution >= 0.6 is 0 Å². The topological polar surface area (TPSA) is 74.6 Å². The number of carbonyl (C=O) groups excluding carboxylic acids is 1. The van der Waals surface area contributed by atoms with Crippen molar-refractivity contribution in [3.63, 3.8) is 0 Å². The van der Waals surface area contributed by atoms with Crippen molar-refractivity contribution in [1.29, 1.82) is 0 Å². The molecule has 4 aliphatic rings. The van der Waals surface area contributed by atoms with E-state index in [2.05, 4.69) is 13.8 Å². The highest BCUT2D eigenvalue weighted by molar-refractivity contribution is 5.79. The summed E-state index contributed by atoms with van der Waals surface area (Å²) in [6, 6.07) is 0. The molecule has 4 fully saturated rings. The molecule has 9 atom stereocenters. The van der Waals surface area contributed by atoms with Gasteiger partial charge in [0.2, 0.25) is 0 Å². The molecule has 0 spiro atoms. The largest absolute Gasteiger partial charge is 0.481 e. The highest BCUT2D eigenvalue weighted by Crippen LogP contribution is 2.67. The van der Waals surface area contributed by atoms with E-state index in [1.54, 1.807) is 0 Å². The van der Waals surface area contributed by atoms with Gasteiger partial charge in [-0.25, -0.2) is 0 Å². The number of aliphatic hydroxyl groups excluding tert-OH is 1. The average Bonchev–Trinajstić information content (AvgIpc) is 3.23. The molecular weight excluding hydrogens is 567 g/mol. The van der Waals surface area contributed by atoms with Crippen LogP contribution in [-0.2, 0) is 9.59 Å². The summed E-state index contributed by atoms with van der Waals surface area (Å²) < 4.78 is 63.4. The number of fused-ring (bicyclic) bond motifs is 5. The van der Waals surface area contributed by atoms with Crippen LogP contribution in [0, 0.1) is 46.3 Å². The number of alkyl halides is 5. The van der Waals surface area contributed by atoms with Gasteiger partial charge in [0.15, 0.2) is 0 Å². The van der Waals surface area contributed by atoms with E-state index in [4.69, 9.17) is 0 Å². The Morgan fingerprint density at radius 1 is 0.884 bits per heavy atom. The number of hydrogen-bond acceptors (Lipinski definition) is 3. The third-order valence-electron chi connectivity index (χ3n) is 12.8. The first-order chi connectivity index (χ1) is 20.1. The number of hydrogen-bond donors (Lipinski definition) is 2. The summed E-state index contributed by atoms with van der Waals surface area (Å²) in [6.07, 6.45) is 7.04. The number of ketones is 1. The summed E-state index contributed by atoms with van der Waals surface area (Å²) in [7, 11) is 0. The molecule has 2 N–H and O–H groups in total. The van der Waals surface area contributed by atoms with E-state index in [0.717, 1.165) is 83.5 Å². The molecule has 1 unspecified atom stereocenters. The summed E-state index contributed by atoms with van der Waals surface area (Å²) in [5, 5.41) is 20.3. The number of carboxylic acid groups (broad SMARTS) is 1. The summed E-state index contributed by atoms with van der Waals surface area (Å²) in [5.74, 6) is -3.52. The molecule has 0 aromatic rings. The highest BCUT2D eigenvalue weighted by atomic mass is 19.4. The Bertz CT molecular complexity index is 969. The van der Waals surface area contributed by atoms with Crippen molar-refractivity contribution >= 4 is 11.8 Å². The van der Waals surface area contributed by atoms with Crippen molar-refractivity contribution in [3.05, 3.63) is 0 Å². The zero-order chi connectivity index (χ0) is 31.6. The van der Waals surface area contributed by atoms with Gasteiger partial charge in [0.05, 0.1) is 12.0 Å². The molecule has 0 amide bonds. The monoisotopic (exact) mass is 620 g/mol. The fourth-order valence-electron chi connectivity index (χ4n) is 10.1. The van der Waals surface area contributed by atoms with Crippen LogP contribution in [0.4, 0.5) is 22.0 Å². The number of rotatable bonds is 14. The Morgan fingerprint density at radius 3 is 2.19 bits per heavy atom. The number of halogens is 5. The van der Waals surface area contributed by atoms with Crippen molar-refractivity contribution in [3.8, 4) is 0 Å². The van der Waals surface area contributed by atoms with Crippen molar-refractivity contribution in [1.82, 2.24) is 0 Å². The van der Waals surface area contributed by atoms with Crippen LogP contribution in [0.3, 0.4) is 0 Å². The van der Waals surface area contributed by atoms with E-state index in [1.807, 2.05) is 0 Å². The van der Waals surface area contributed by atoms with Crippen molar-refractivity contribution < 1.29 is 41.8 Å². The summed E-state index contributed by atoms with van der Waals surface area (Å²) in [5.41, 5.74) is 0.247. The summed E-state index contributed by atoms with van der Waals surface area (Å²) >= 11 is 0. The van der Waals surface area contributed by atoms with Gasteiger partial charge in [-0.1, -0.05) is 58.8 Å². The second-order valence-electron chi connectivity index (χ2n) is 15.2. The maximum atomic E-state index is 13.1. The molecule has 0 aromatic heterocycles. The second-order valence-corrected chi connectivity index (χ2v) is 15.2. The predicted octanol–water partition coefficient (Wildman–Crippen LogP) is 9.37. The molecule has 4 nitrogen and oxygen atoms in total. The fraction of sp³-hybridized carbons (Fsp3) is 0.941. The molecule has 0 radical (unpaired) electrons. The molecule has 4 rings (SSSR count). The van der Waals surface area contributed by atoms with Gasteiger partial charge in [0, 0.05) is 19.3 Å². The lowest BCUT2D eigenvalue weighted by molar-refractivity contribution is -0.284. The fourth-order valence-corrected chi connectivity index (χ4v) is 10.1. The van der Waals surface area contributed by atoms with Gasteiger partial charge in [0.1, 0.15) is 5.78 Å². The smallest absolute Gasteiger partial charge is 0.453 e. The van der Waals surface area contributed by atoms with Crippen molar-refractivity contribution in [2.24, 2.45) is 46.3 Å². The first-order valence-corrected chi connectivity index (χ1v) is 17.0. The van der Waals surface area contributed by atoms with E-state index in [0.29, 0.717) is 54.6 Å². The molecule has 4 aliphatic carbocycles. The van der Waals surface area contributed by atoms with Gasteiger partial charge in [-0.15, -0.1) is 0 Å². The van der Waals surface area contributed by atoms with Crippen LogP contribution in [0.2, 0.25) is 0 Å². The van der Waals surface area contributed by atoms with Crippen LogP contribution in [0.5, 0.6) is 0 Å².